The summed E-state index contributed by atoms with van der Waals surface area (Å²) in [7, 11) is 0. The summed E-state index contributed by atoms with van der Waals surface area (Å²) in [6.07, 6.45) is 2.06. The summed E-state index contributed by atoms with van der Waals surface area (Å²) in [5.74, 6) is -2.13. The molecule has 3 nitrogen and oxygen atoms in total. The van der Waals surface area contributed by atoms with E-state index in [-0.39, 0.29) is 29.8 Å². The summed E-state index contributed by atoms with van der Waals surface area (Å²) >= 11 is 0. The van der Waals surface area contributed by atoms with Gasteiger partial charge in [0, 0.05) is 11.5 Å². The SMILES string of the molecule is CCCC1Cc2ccc(C(C)c3ccc(CO)c(F)c3)c(F)c2OC1=O. The maximum Gasteiger partial charge on any atom is 0.314 e. The molecule has 1 aliphatic rings. The molecule has 2 atom stereocenters. The smallest absolute Gasteiger partial charge is 0.314 e. The first-order chi connectivity index (χ1) is 12.5. The fraction of sp³-hybridized carbons (Fsp3) is 0.381. The molecule has 1 aliphatic heterocycles. The van der Waals surface area contributed by atoms with Gasteiger partial charge in [0.15, 0.2) is 11.6 Å². The highest BCUT2D eigenvalue weighted by atomic mass is 19.1. The van der Waals surface area contributed by atoms with Crippen molar-refractivity contribution in [2.45, 2.75) is 45.6 Å². The van der Waals surface area contributed by atoms with Gasteiger partial charge in [0.25, 0.3) is 0 Å². The predicted molar refractivity (Wildman–Crippen MR) is 94.0 cm³/mol. The normalized spacial score (nSPS) is 17.6. The summed E-state index contributed by atoms with van der Waals surface area (Å²) in [5.41, 5.74) is 1.83. The van der Waals surface area contributed by atoms with Gasteiger partial charge in [0.05, 0.1) is 12.5 Å². The molecule has 0 aromatic heterocycles. The summed E-state index contributed by atoms with van der Waals surface area (Å²) in [6.45, 7) is 3.38. The molecule has 1 heterocycles. The van der Waals surface area contributed by atoms with Crippen LogP contribution in [0.2, 0.25) is 0 Å². The van der Waals surface area contributed by atoms with E-state index < -0.39 is 17.6 Å². The lowest BCUT2D eigenvalue weighted by molar-refractivity contribution is -0.140. The van der Waals surface area contributed by atoms with Crippen molar-refractivity contribution in [3.8, 4) is 5.75 Å². The van der Waals surface area contributed by atoms with Crippen molar-refractivity contribution in [3.63, 3.8) is 0 Å². The molecule has 2 unspecified atom stereocenters. The Morgan fingerprint density at radius 2 is 2.04 bits per heavy atom. The number of carbonyl (C=O) groups excluding carboxylic acids is 1. The summed E-state index contributed by atoms with van der Waals surface area (Å²) in [4.78, 5) is 12.1. The van der Waals surface area contributed by atoms with Gasteiger partial charge in [0.2, 0.25) is 0 Å². The van der Waals surface area contributed by atoms with Crippen LogP contribution in [0, 0.1) is 17.6 Å². The highest BCUT2D eigenvalue weighted by Gasteiger charge is 2.31. The van der Waals surface area contributed by atoms with Crippen molar-refractivity contribution in [2.75, 3.05) is 0 Å². The molecule has 0 amide bonds. The fourth-order valence-electron chi connectivity index (χ4n) is 3.46. The number of rotatable bonds is 5. The van der Waals surface area contributed by atoms with E-state index >= 15 is 4.39 Å². The summed E-state index contributed by atoms with van der Waals surface area (Å²) in [5, 5.41) is 9.08. The Labute approximate surface area is 151 Å². The number of halogens is 2. The Morgan fingerprint density at radius 3 is 2.69 bits per heavy atom. The zero-order valence-corrected chi connectivity index (χ0v) is 14.9. The highest BCUT2D eigenvalue weighted by Crippen LogP contribution is 2.38. The minimum atomic E-state index is -0.565. The van der Waals surface area contributed by atoms with Crippen molar-refractivity contribution < 1.29 is 23.4 Å². The molecule has 1 N–H and O–H groups in total. The van der Waals surface area contributed by atoms with E-state index in [1.165, 1.54) is 12.1 Å². The van der Waals surface area contributed by atoms with Gasteiger partial charge in [-0.25, -0.2) is 8.78 Å². The lowest BCUT2D eigenvalue weighted by atomic mass is 9.87. The van der Waals surface area contributed by atoms with Crippen LogP contribution in [0.4, 0.5) is 8.78 Å². The summed E-state index contributed by atoms with van der Waals surface area (Å²) in [6, 6.07) is 7.93. The van der Waals surface area contributed by atoms with Gasteiger partial charge < -0.3 is 9.84 Å². The van der Waals surface area contributed by atoms with Crippen molar-refractivity contribution in [3.05, 3.63) is 64.2 Å². The molecule has 0 spiro atoms. The first-order valence-corrected chi connectivity index (χ1v) is 8.88. The number of hydrogen-bond acceptors (Lipinski definition) is 3. The van der Waals surface area contributed by atoms with E-state index in [4.69, 9.17) is 9.84 Å². The first kappa shape index (κ1) is 18.5. The largest absolute Gasteiger partial charge is 0.423 e. The molecular weight excluding hydrogens is 338 g/mol. The second-order valence-corrected chi connectivity index (χ2v) is 6.80. The Hall–Kier alpha value is -2.27. The summed E-state index contributed by atoms with van der Waals surface area (Å²) < 4.78 is 34.2. The minimum Gasteiger partial charge on any atom is -0.423 e. The van der Waals surface area contributed by atoms with Crippen molar-refractivity contribution >= 4 is 5.97 Å². The number of aliphatic hydroxyl groups is 1. The Bertz CT molecular complexity index is 832. The maximum absolute atomic E-state index is 15.0. The van der Waals surface area contributed by atoms with Crippen LogP contribution in [0.5, 0.6) is 5.75 Å². The topological polar surface area (TPSA) is 46.5 Å². The van der Waals surface area contributed by atoms with Crippen LogP contribution in [-0.2, 0) is 17.8 Å². The number of esters is 1. The van der Waals surface area contributed by atoms with E-state index in [0.717, 1.165) is 6.42 Å². The third-order valence-electron chi connectivity index (χ3n) is 5.06. The van der Waals surface area contributed by atoms with Gasteiger partial charge in [-0.1, -0.05) is 44.5 Å². The molecule has 0 radical (unpaired) electrons. The molecule has 0 bridgehead atoms. The zero-order valence-electron chi connectivity index (χ0n) is 14.9. The minimum absolute atomic E-state index is 0.000784. The predicted octanol–water partition coefficient (Wildman–Crippen LogP) is 4.49. The maximum atomic E-state index is 15.0. The van der Waals surface area contributed by atoms with Crippen molar-refractivity contribution in [1.29, 1.82) is 0 Å². The number of aliphatic hydroxyl groups excluding tert-OH is 1. The molecule has 0 saturated carbocycles. The van der Waals surface area contributed by atoms with Gasteiger partial charge >= 0.3 is 5.97 Å². The van der Waals surface area contributed by atoms with Crippen LogP contribution in [0.1, 0.15) is 54.9 Å². The van der Waals surface area contributed by atoms with Crippen molar-refractivity contribution in [2.24, 2.45) is 5.92 Å². The average Bonchev–Trinajstić information content (AvgIpc) is 2.63. The second kappa shape index (κ2) is 7.54. The fourth-order valence-corrected chi connectivity index (χ4v) is 3.46. The Morgan fingerprint density at radius 1 is 1.27 bits per heavy atom. The molecule has 138 valence electrons. The Balaban J connectivity index is 1.94. The van der Waals surface area contributed by atoms with Crippen LogP contribution in [0.3, 0.4) is 0 Å². The molecule has 2 aromatic rings. The standard InChI is InChI=1S/C21H22F2O3/c1-3-4-15-9-14-7-8-17(19(23)20(14)26-21(15)25)12(2)13-5-6-16(11-24)18(22)10-13/h5-8,10,12,15,24H,3-4,9,11H2,1-2H3. The highest BCUT2D eigenvalue weighted by molar-refractivity contribution is 5.78. The van der Waals surface area contributed by atoms with Crippen LogP contribution in [0.15, 0.2) is 30.3 Å². The quantitative estimate of drug-likeness (QED) is 0.631. The first-order valence-electron chi connectivity index (χ1n) is 8.88. The van der Waals surface area contributed by atoms with Crippen molar-refractivity contribution in [1.82, 2.24) is 0 Å². The zero-order chi connectivity index (χ0) is 18.8. The second-order valence-electron chi connectivity index (χ2n) is 6.80. The number of hydrogen-bond donors (Lipinski definition) is 1. The molecule has 2 aromatic carbocycles. The van der Waals surface area contributed by atoms with Crippen LogP contribution in [-0.4, -0.2) is 11.1 Å². The molecule has 0 saturated heterocycles. The van der Waals surface area contributed by atoms with E-state index in [0.29, 0.717) is 29.5 Å². The lowest BCUT2D eigenvalue weighted by Crippen LogP contribution is -2.28. The number of ether oxygens (including phenoxy) is 1. The number of carbonyl (C=O) groups is 1. The third-order valence-corrected chi connectivity index (χ3v) is 5.06. The molecule has 0 fully saturated rings. The van der Waals surface area contributed by atoms with E-state index in [1.807, 2.05) is 6.92 Å². The van der Waals surface area contributed by atoms with Crippen LogP contribution >= 0.6 is 0 Å². The molecule has 3 rings (SSSR count). The number of benzene rings is 2. The molecular formula is C21H22F2O3. The molecule has 0 aliphatic carbocycles. The van der Waals surface area contributed by atoms with Gasteiger partial charge in [0.1, 0.15) is 5.82 Å². The van der Waals surface area contributed by atoms with E-state index in [1.54, 1.807) is 25.1 Å². The van der Waals surface area contributed by atoms with E-state index in [2.05, 4.69) is 0 Å². The van der Waals surface area contributed by atoms with Crippen LogP contribution in [0.25, 0.3) is 0 Å². The third kappa shape index (κ3) is 3.36. The lowest BCUT2D eigenvalue weighted by Gasteiger charge is -2.25. The molecule has 5 heteroatoms. The van der Waals surface area contributed by atoms with Gasteiger partial charge in [-0.05, 0) is 35.6 Å². The van der Waals surface area contributed by atoms with Gasteiger partial charge in [-0.15, -0.1) is 0 Å². The van der Waals surface area contributed by atoms with Crippen LogP contribution < -0.4 is 4.74 Å². The Kier molecular flexibility index (Phi) is 5.37. The average molecular weight is 360 g/mol. The molecule has 26 heavy (non-hydrogen) atoms. The number of fused-ring (bicyclic) bond motifs is 1. The van der Waals surface area contributed by atoms with Gasteiger partial charge in [-0.2, -0.15) is 0 Å². The monoisotopic (exact) mass is 360 g/mol. The van der Waals surface area contributed by atoms with Gasteiger partial charge in [-0.3, -0.25) is 4.79 Å². The van der Waals surface area contributed by atoms with E-state index in [9.17, 15) is 9.18 Å².